The minimum atomic E-state index is -0.652. The molecule has 0 aliphatic carbocycles. The largest absolute Gasteiger partial charge is 0.497 e. The van der Waals surface area contributed by atoms with Crippen molar-refractivity contribution in [1.82, 2.24) is 5.43 Å². The van der Waals surface area contributed by atoms with Crippen LogP contribution >= 0.6 is 39.1 Å². The van der Waals surface area contributed by atoms with Crippen LogP contribution in [0, 0.1) is 0 Å². The van der Waals surface area contributed by atoms with E-state index in [0.717, 1.165) is 4.47 Å². The minimum absolute atomic E-state index is 0.171. The zero-order chi connectivity index (χ0) is 22.4. The van der Waals surface area contributed by atoms with Gasteiger partial charge in [-0.25, -0.2) is 10.2 Å². The Labute approximate surface area is 196 Å². The van der Waals surface area contributed by atoms with Crippen LogP contribution in [-0.4, -0.2) is 25.2 Å². The lowest BCUT2D eigenvalue weighted by Gasteiger charge is -2.09. The summed E-state index contributed by atoms with van der Waals surface area (Å²) in [6.07, 6.45) is 1.37. The molecule has 0 aliphatic rings. The first-order valence-electron chi connectivity index (χ1n) is 8.81. The van der Waals surface area contributed by atoms with E-state index < -0.39 is 11.9 Å². The van der Waals surface area contributed by atoms with Gasteiger partial charge in [0.05, 0.1) is 23.9 Å². The van der Waals surface area contributed by atoms with Crippen molar-refractivity contribution in [1.29, 1.82) is 0 Å². The lowest BCUT2D eigenvalue weighted by molar-refractivity contribution is 0.0734. The molecule has 1 amide bonds. The molecule has 3 aromatic carbocycles. The second kappa shape index (κ2) is 10.4. The molecule has 0 saturated heterocycles. The van der Waals surface area contributed by atoms with Gasteiger partial charge >= 0.3 is 5.97 Å². The maximum atomic E-state index is 12.5. The number of rotatable bonds is 6. The van der Waals surface area contributed by atoms with Gasteiger partial charge in [0.15, 0.2) is 0 Å². The van der Waals surface area contributed by atoms with E-state index in [0.29, 0.717) is 21.9 Å². The Balaban J connectivity index is 1.74. The third-order valence-electron chi connectivity index (χ3n) is 4.05. The molecule has 6 nitrogen and oxygen atoms in total. The molecular formula is C22H15BrCl2N2O4. The highest BCUT2D eigenvalue weighted by Crippen LogP contribution is 2.26. The maximum absolute atomic E-state index is 12.5. The molecule has 0 unspecified atom stereocenters. The summed E-state index contributed by atoms with van der Waals surface area (Å²) in [6, 6.07) is 16.1. The van der Waals surface area contributed by atoms with E-state index in [9.17, 15) is 9.59 Å². The molecule has 0 aliphatic heterocycles. The number of hydrazone groups is 1. The van der Waals surface area contributed by atoms with E-state index in [4.69, 9.17) is 32.7 Å². The highest BCUT2D eigenvalue weighted by atomic mass is 79.9. The number of nitrogens with zero attached hydrogens (tertiary/aromatic N) is 1. The van der Waals surface area contributed by atoms with Crippen LogP contribution in [0.5, 0.6) is 11.5 Å². The molecule has 9 heteroatoms. The van der Waals surface area contributed by atoms with Crippen molar-refractivity contribution < 1.29 is 19.1 Å². The van der Waals surface area contributed by atoms with Gasteiger partial charge < -0.3 is 9.47 Å². The number of hydrogen-bond donors (Lipinski definition) is 1. The summed E-state index contributed by atoms with van der Waals surface area (Å²) in [6.45, 7) is 0. The predicted octanol–water partition coefficient (Wildman–Crippen LogP) is 5.75. The van der Waals surface area contributed by atoms with Crippen LogP contribution < -0.4 is 14.9 Å². The van der Waals surface area contributed by atoms with Crippen LogP contribution in [0.25, 0.3) is 0 Å². The van der Waals surface area contributed by atoms with Gasteiger partial charge in [-0.15, -0.1) is 0 Å². The SMILES string of the molecule is COc1ccc(C(=O)N/N=C\c2cc(Br)ccc2OC(=O)c2ccc(Cl)cc2Cl)cc1. The molecular weight excluding hydrogens is 507 g/mol. The second-order valence-corrected chi connectivity index (χ2v) is 7.88. The fraction of sp³-hybridized carbons (Fsp3) is 0.0455. The molecule has 0 saturated carbocycles. The summed E-state index contributed by atoms with van der Waals surface area (Å²) < 4.78 is 11.3. The number of hydrogen-bond acceptors (Lipinski definition) is 5. The number of esters is 1. The van der Waals surface area contributed by atoms with Crippen LogP contribution in [0.15, 0.2) is 70.2 Å². The van der Waals surface area contributed by atoms with Crippen molar-refractivity contribution in [2.24, 2.45) is 5.10 Å². The highest BCUT2D eigenvalue weighted by Gasteiger charge is 2.15. The molecule has 0 heterocycles. The lowest BCUT2D eigenvalue weighted by Crippen LogP contribution is -2.17. The molecule has 1 N–H and O–H groups in total. The molecule has 0 spiro atoms. The Kier molecular flexibility index (Phi) is 7.68. The first-order valence-corrected chi connectivity index (χ1v) is 10.4. The number of amides is 1. The van der Waals surface area contributed by atoms with Crippen LogP contribution in [0.1, 0.15) is 26.3 Å². The van der Waals surface area contributed by atoms with E-state index in [2.05, 4.69) is 26.5 Å². The van der Waals surface area contributed by atoms with E-state index in [-0.39, 0.29) is 16.3 Å². The fourth-order valence-corrected chi connectivity index (χ4v) is 3.35. The average Bonchev–Trinajstić information content (AvgIpc) is 2.75. The second-order valence-electron chi connectivity index (χ2n) is 6.12. The molecule has 158 valence electrons. The molecule has 0 aromatic heterocycles. The van der Waals surface area contributed by atoms with Gasteiger partial charge in [0.2, 0.25) is 0 Å². The van der Waals surface area contributed by atoms with E-state index in [1.807, 2.05) is 0 Å². The molecule has 31 heavy (non-hydrogen) atoms. The topological polar surface area (TPSA) is 77.0 Å². The summed E-state index contributed by atoms with van der Waals surface area (Å²) in [7, 11) is 1.54. The van der Waals surface area contributed by atoms with Crippen molar-refractivity contribution in [3.8, 4) is 11.5 Å². The van der Waals surface area contributed by atoms with Crippen molar-refractivity contribution in [2.75, 3.05) is 7.11 Å². The summed E-state index contributed by atoms with van der Waals surface area (Å²) in [5.41, 5.74) is 3.48. The fourth-order valence-electron chi connectivity index (χ4n) is 2.49. The van der Waals surface area contributed by atoms with Gasteiger partial charge in [0.25, 0.3) is 5.91 Å². The smallest absolute Gasteiger partial charge is 0.345 e. The molecule has 0 radical (unpaired) electrons. The Morgan fingerprint density at radius 3 is 2.45 bits per heavy atom. The van der Waals surface area contributed by atoms with Crippen molar-refractivity contribution in [2.45, 2.75) is 0 Å². The number of nitrogens with one attached hydrogen (secondary N) is 1. The zero-order valence-corrected chi connectivity index (χ0v) is 19.2. The van der Waals surface area contributed by atoms with Crippen molar-refractivity contribution in [3.63, 3.8) is 0 Å². The van der Waals surface area contributed by atoms with Gasteiger partial charge in [-0.05, 0) is 60.7 Å². The van der Waals surface area contributed by atoms with E-state index in [1.54, 1.807) is 55.6 Å². The van der Waals surface area contributed by atoms with Gasteiger partial charge in [-0.2, -0.15) is 5.10 Å². The summed E-state index contributed by atoms with van der Waals surface area (Å²) in [4.78, 5) is 24.7. The van der Waals surface area contributed by atoms with Crippen LogP contribution in [-0.2, 0) is 0 Å². The molecule has 3 rings (SSSR count). The van der Waals surface area contributed by atoms with E-state index >= 15 is 0 Å². The van der Waals surface area contributed by atoms with Crippen LogP contribution in [0.2, 0.25) is 10.0 Å². The third-order valence-corrected chi connectivity index (χ3v) is 5.09. The van der Waals surface area contributed by atoms with E-state index in [1.165, 1.54) is 18.3 Å². The van der Waals surface area contributed by atoms with Crippen LogP contribution in [0.3, 0.4) is 0 Å². The van der Waals surface area contributed by atoms with Gasteiger partial charge in [-0.1, -0.05) is 39.1 Å². The third kappa shape index (κ3) is 6.07. The minimum Gasteiger partial charge on any atom is -0.497 e. The number of benzene rings is 3. The summed E-state index contributed by atoms with van der Waals surface area (Å²) in [5, 5.41) is 4.55. The molecule has 3 aromatic rings. The highest BCUT2D eigenvalue weighted by molar-refractivity contribution is 9.10. The first-order chi connectivity index (χ1) is 14.9. The maximum Gasteiger partial charge on any atom is 0.345 e. The Hall–Kier alpha value is -2.87. The standard InChI is InChI=1S/C22H15BrCl2N2O4/c1-30-17-6-2-13(3-7-17)21(28)27-26-12-14-10-15(23)4-9-20(14)31-22(29)18-8-5-16(24)11-19(18)25/h2-12H,1H3,(H,27,28)/b26-12-. The molecule has 0 bridgehead atoms. The Bertz CT molecular complexity index is 1150. The average molecular weight is 522 g/mol. The quantitative estimate of drug-likeness (QED) is 0.194. The zero-order valence-electron chi connectivity index (χ0n) is 16.1. The number of halogens is 3. The number of carbonyl (C=O) groups is 2. The van der Waals surface area contributed by atoms with Gasteiger partial charge in [-0.3, -0.25) is 4.79 Å². The number of methoxy groups -OCH3 is 1. The summed E-state index contributed by atoms with van der Waals surface area (Å²) >= 11 is 15.3. The Morgan fingerprint density at radius 1 is 1.03 bits per heavy atom. The van der Waals surface area contributed by atoms with Crippen molar-refractivity contribution in [3.05, 3.63) is 91.9 Å². The summed E-state index contributed by atoms with van der Waals surface area (Å²) in [5.74, 6) is -0.176. The van der Waals surface area contributed by atoms with Crippen LogP contribution in [0.4, 0.5) is 0 Å². The Morgan fingerprint density at radius 2 is 1.77 bits per heavy atom. The number of carbonyl (C=O) groups excluding carboxylic acids is 2. The monoisotopic (exact) mass is 520 g/mol. The normalized spacial score (nSPS) is 10.7. The number of ether oxygens (including phenoxy) is 2. The van der Waals surface area contributed by atoms with Crippen molar-refractivity contribution >= 4 is 57.2 Å². The lowest BCUT2D eigenvalue weighted by atomic mass is 10.2. The van der Waals surface area contributed by atoms with Gasteiger partial charge in [0, 0.05) is 20.6 Å². The predicted molar refractivity (Wildman–Crippen MR) is 124 cm³/mol. The molecule has 0 atom stereocenters. The first kappa shape index (κ1) is 22.8. The van der Waals surface area contributed by atoms with Gasteiger partial charge in [0.1, 0.15) is 11.5 Å². The molecule has 0 fully saturated rings.